The second-order valence-corrected chi connectivity index (χ2v) is 3.69. The summed E-state index contributed by atoms with van der Waals surface area (Å²) >= 11 is 0. The van der Waals surface area contributed by atoms with E-state index in [1.165, 1.54) is 0 Å². The van der Waals surface area contributed by atoms with E-state index in [2.05, 4.69) is 20.8 Å². The maximum Gasteiger partial charge on any atom is 0.0514 e. The summed E-state index contributed by atoms with van der Waals surface area (Å²) in [6.45, 7) is 8.06. The van der Waals surface area contributed by atoms with Crippen LogP contribution in [-0.4, -0.2) is 24.9 Å². The molecular weight excluding hydrogens is 128 g/mol. The summed E-state index contributed by atoms with van der Waals surface area (Å²) in [7, 11) is 0. The second-order valence-electron chi connectivity index (χ2n) is 3.69. The van der Waals surface area contributed by atoms with Gasteiger partial charge >= 0.3 is 0 Å². The summed E-state index contributed by atoms with van der Waals surface area (Å²) in [6.07, 6.45) is 0.746. The Morgan fingerprint density at radius 2 is 1.90 bits per heavy atom. The highest BCUT2D eigenvalue weighted by atomic mass is 16.5. The number of hydrogen-bond acceptors (Lipinski definition) is 2. The molecule has 0 saturated heterocycles. The van der Waals surface area contributed by atoms with Crippen LogP contribution in [0.3, 0.4) is 0 Å². The molecule has 0 aromatic heterocycles. The summed E-state index contributed by atoms with van der Waals surface area (Å²) in [5, 5.41) is 8.42. The summed E-state index contributed by atoms with van der Waals surface area (Å²) < 4.78 is 5.28. The Morgan fingerprint density at radius 3 is 2.30 bits per heavy atom. The lowest BCUT2D eigenvalue weighted by Gasteiger charge is -2.17. The van der Waals surface area contributed by atoms with E-state index in [0.717, 1.165) is 13.0 Å². The third-order valence-corrected chi connectivity index (χ3v) is 0.982. The van der Waals surface area contributed by atoms with Gasteiger partial charge in [-0.1, -0.05) is 20.8 Å². The quantitative estimate of drug-likeness (QED) is 0.608. The molecular formula is C8H18O2. The maximum atomic E-state index is 8.42. The highest BCUT2D eigenvalue weighted by Crippen LogP contribution is 2.12. The summed E-state index contributed by atoms with van der Waals surface area (Å²) in [5.41, 5.74) is 0.245. The van der Waals surface area contributed by atoms with Crippen molar-refractivity contribution < 1.29 is 9.84 Å². The van der Waals surface area contributed by atoms with Crippen LogP contribution in [0.1, 0.15) is 27.2 Å². The molecule has 0 fully saturated rings. The molecule has 0 rings (SSSR count). The van der Waals surface area contributed by atoms with Gasteiger partial charge in [0.15, 0.2) is 0 Å². The topological polar surface area (TPSA) is 29.5 Å². The molecule has 2 heteroatoms. The molecule has 0 aliphatic heterocycles. The van der Waals surface area contributed by atoms with Gasteiger partial charge in [-0.05, 0) is 11.8 Å². The third kappa shape index (κ3) is 7.92. The molecule has 0 bridgehead atoms. The summed E-state index contributed by atoms with van der Waals surface area (Å²) in [5.74, 6) is 0. The Balaban J connectivity index is 3.04. The van der Waals surface area contributed by atoms with Crippen LogP contribution >= 0.6 is 0 Å². The number of ether oxygens (including phenoxy) is 1. The average molecular weight is 146 g/mol. The van der Waals surface area contributed by atoms with Crippen molar-refractivity contribution in [2.45, 2.75) is 27.2 Å². The van der Waals surface area contributed by atoms with E-state index in [-0.39, 0.29) is 12.0 Å². The van der Waals surface area contributed by atoms with Gasteiger partial charge in [0.2, 0.25) is 0 Å². The average Bonchev–Trinajstić information content (AvgIpc) is 1.78. The molecule has 0 spiro atoms. The predicted molar refractivity (Wildman–Crippen MR) is 42.0 cm³/mol. The molecule has 2 nitrogen and oxygen atoms in total. The fraction of sp³-hybridized carbons (Fsp3) is 1.00. The molecule has 0 atom stereocenters. The van der Waals surface area contributed by atoms with Crippen molar-refractivity contribution in [3.8, 4) is 0 Å². The van der Waals surface area contributed by atoms with Crippen LogP contribution in [0.4, 0.5) is 0 Å². The standard InChI is InChI=1S/C8H18O2/c1-8(2,3)7-10-6-4-5-9/h9H,4-7H2,1-3H3. The van der Waals surface area contributed by atoms with Gasteiger partial charge in [0.25, 0.3) is 0 Å². The Bertz CT molecular complexity index is 73.8. The SMILES string of the molecule is CC(C)(C)COCCCO. The minimum absolute atomic E-state index is 0.226. The molecule has 0 aliphatic carbocycles. The van der Waals surface area contributed by atoms with Gasteiger partial charge in [-0.3, -0.25) is 0 Å². The van der Waals surface area contributed by atoms with Crippen LogP contribution in [0.15, 0.2) is 0 Å². The first kappa shape index (κ1) is 9.92. The minimum atomic E-state index is 0.226. The van der Waals surface area contributed by atoms with Gasteiger partial charge in [-0.2, -0.15) is 0 Å². The van der Waals surface area contributed by atoms with Crippen molar-refractivity contribution in [1.82, 2.24) is 0 Å². The van der Waals surface area contributed by atoms with Gasteiger partial charge < -0.3 is 9.84 Å². The number of aliphatic hydroxyl groups excluding tert-OH is 1. The lowest BCUT2D eigenvalue weighted by atomic mass is 9.99. The van der Waals surface area contributed by atoms with E-state index in [1.807, 2.05) is 0 Å². The van der Waals surface area contributed by atoms with E-state index in [4.69, 9.17) is 9.84 Å². The van der Waals surface area contributed by atoms with Crippen molar-refractivity contribution in [3.63, 3.8) is 0 Å². The summed E-state index contributed by atoms with van der Waals surface area (Å²) in [6, 6.07) is 0. The van der Waals surface area contributed by atoms with Crippen LogP contribution in [-0.2, 0) is 4.74 Å². The van der Waals surface area contributed by atoms with E-state index < -0.39 is 0 Å². The normalized spacial score (nSPS) is 12.0. The molecule has 0 saturated carbocycles. The van der Waals surface area contributed by atoms with E-state index in [0.29, 0.717) is 6.61 Å². The Kier molecular flexibility index (Phi) is 4.65. The smallest absolute Gasteiger partial charge is 0.0514 e. The largest absolute Gasteiger partial charge is 0.396 e. The van der Waals surface area contributed by atoms with E-state index in [9.17, 15) is 0 Å². The highest BCUT2D eigenvalue weighted by Gasteiger charge is 2.08. The zero-order chi connectivity index (χ0) is 8.04. The summed E-state index contributed by atoms with van der Waals surface area (Å²) in [4.78, 5) is 0. The number of aliphatic hydroxyl groups is 1. The van der Waals surface area contributed by atoms with Crippen molar-refractivity contribution in [2.75, 3.05) is 19.8 Å². The molecule has 0 aliphatic rings. The van der Waals surface area contributed by atoms with Gasteiger partial charge in [0.1, 0.15) is 0 Å². The third-order valence-electron chi connectivity index (χ3n) is 0.982. The first-order chi connectivity index (χ1) is 4.56. The van der Waals surface area contributed by atoms with Crippen LogP contribution < -0.4 is 0 Å². The van der Waals surface area contributed by atoms with Gasteiger partial charge in [0.05, 0.1) is 6.61 Å². The molecule has 0 amide bonds. The van der Waals surface area contributed by atoms with E-state index in [1.54, 1.807) is 0 Å². The fourth-order valence-corrected chi connectivity index (χ4v) is 0.545. The molecule has 0 aromatic rings. The molecule has 0 unspecified atom stereocenters. The molecule has 62 valence electrons. The van der Waals surface area contributed by atoms with Crippen LogP contribution in [0.5, 0.6) is 0 Å². The monoisotopic (exact) mass is 146 g/mol. The first-order valence-corrected chi connectivity index (χ1v) is 3.75. The maximum absolute atomic E-state index is 8.42. The highest BCUT2D eigenvalue weighted by molar-refractivity contribution is 4.58. The van der Waals surface area contributed by atoms with Crippen molar-refractivity contribution in [1.29, 1.82) is 0 Å². The van der Waals surface area contributed by atoms with Gasteiger partial charge in [-0.15, -0.1) is 0 Å². The Labute approximate surface area is 63.2 Å². The zero-order valence-electron chi connectivity index (χ0n) is 7.18. The number of rotatable bonds is 4. The van der Waals surface area contributed by atoms with E-state index >= 15 is 0 Å². The van der Waals surface area contributed by atoms with Crippen LogP contribution in [0.25, 0.3) is 0 Å². The lowest BCUT2D eigenvalue weighted by molar-refractivity contribution is 0.0617. The number of hydrogen-bond donors (Lipinski definition) is 1. The predicted octanol–water partition coefficient (Wildman–Crippen LogP) is 1.43. The lowest BCUT2D eigenvalue weighted by Crippen LogP contribution is -2.15. The Hall–Kier alpha value is -0.0800. The van der Waals surface area contributed by atoms with Gasteiger partial charge in [0, 0.05) is 13.2 Å². The minimum Gasteiger partial charge on any atom is -0.396 e. The molecule has 0 aromatic carbocycles. The molecule has 1 N–H and O–H groups in total. The Morgan fingerprint density at radius 1 is 1.30 bits per heavy atom. The second kappa shape index (κ2) is 4.69. The zero-order valence-corrected chi connectivity index (χ0v) is 7.18. The first-order valence-electron chi connectivity index (χ1n) is 3.75. The van der Waals surface area contributed by atoms with Crippen LogP contribution in [0.2, 0.25) is 0 Å². The van der Waals surface area contributed by atoms with Crippen LogP contribution in [0, 0.1) is 5.41 Å². The van der Waals surface area contributed by atoms with Crippen molar-refractivity contribution >= 4 is 0 Å². The van der Waals surface area contributed by atoms with Crippen molar-refractivity contribution in [2.24, 2.45) is 5.41 Å². The van der Waals surface area contributed by atoms with Gasteiger partial charge in [-0.25, -0.2) is 0 Å². The molecule has 10 heavy (non-hydrogen) atoms. The fourth-order valence-electron chi connectivity index (χ4n) is 0.545. The van der Waals surface area contributed by atoms with Crippen molar-refractivity contribution in [3.05, 3.63) is 0 Å². The molecule has 0 radical (unpaired) electrons. The molecule has 0 heterocycles.